The molecule has 0 amide bonds. The van der Waals surface area contributed by atoms with Crippen molar-refractivity contribution in [2.75, 3.05) is 13.1 Å². The van der Waals surface area contributed by atoms with Crippen LogP contribution in [0.2, 0.25) is 0 Å². The van der Waals surface area contributed by atoms with Gasteiger partial charge < -0.3 is 4.42 Å². The number of hydrogen-bond acceptors (Lipinski definition) is 2. The first kappa shape index (κ1) is 5.98. The van der Waals surface area contributed by atoms with Gasteiger partial charge in [-0.1, -0.05) is 0 Å². The van der Waals surface area contributed by atoms with Crippen molar-refractivity contribution in [3.8, 4) is 0 Å². The first-order valence-electron chi connectivity index (χ1n) is 3.51. The molecule has 1 fully saturated rings. The predicted octanol–water partition coefficient (Wildman–Crippen LogP) is 1.30. The minimum absolute atomic E-state index is 0.962. The highest BCUT2D eigenvalue weighted by atomic mass is 16.3. The summed E-state index contributed by atoms with van der Waals surface area (Å²) in [5, 5.41) is 0. The summed E-state index contributed by atoms with van der Waals surface area (Å²) >= 11 is 0. The Hall–Kier alpha value is -0.760. The second-order valence-corrected chi connectivity index (χ2v) is 2.56. The lowest BCUT2D eigenvalue weighted by molar-refractivity contribution is 0.216. The Kier molecular flexibility index (Phi) is 1.47. The highest BCUT2D eigenvalue weighted by molar-refractivity contribution is 5.00. The standard InChI is InChI=1S/C8H10NO/c1-3-8(10-6-1)7-9-4-2-5-9/h1-3,6H,4-5,7H2. The van der Waals surface area contributed by atoms with Gasteiger partial charge >= 0.3 is 0 Å². The first-order chi connectivity index (χ1) is 4.95. The van der Waals surface area contributed by atoms with Crippen molar-refractivity contribution >= 4 is 0 Å². The topological polar surface area (TPSA) is 16.4 Å². The molecule has 1 aliphatic heterocycles. The van der Waals surface area contributed by atoms with Crippen LogP contribution in [-0.4, -0.2) is 18.0 Å². The molecule has 2 heterocycles. The number of furan rings is 1. The lowest BCUT2D eigenvalue weighted by Crippen LogP contribution is -2.36. The lowest BCUT2D eigenvalue weighted by atomic mass is 10.2. The molecule has 0 N–H and O–H groups in total. The van der Waals surface area contributed by atoms with Gasteiger partial charge in [-0.25, -0.2) is 0 Å². The normalized spacial score (nSPS) is 18.8. The molecular formula is C8H10NO. The van der Waals surface area contributed by atoms with Gasteiger partial charge in [0, 0.05) is 13.1 Å². The van der Waals surface area contributed by atoms with E-state index in [2.05, 4.69) is 11.3 Å². The van der Waals surface area contributed by atoms with E-state index in [1.807, 2.05) is 12.1 Å². The van der Waals surface area contributed by atoms with E-state index in [1.165, 1.54) is 0 Å². The van der Waals surface area contributed by atoms with Crippen LogP contribution in [0.15, 0.2) is 22.8 Å². The SMILES string of the molecule is [CH]1CN(Cc2ccco2)C1. The van der Waals surface area contributed by atoms with Gasteiger partial charge in [0.05, 0.1) is 12.8 Å². The fraction of sp³-hybridized carbons (Fsp3) is 0.375. The number of rotatable bonds is 2. The highest BCUT2D eigenvalue weighted by Gasteiger charge is 2.14. The summed E-state index contributed by atoms with van der Waals surface area (Å²) in [6, 6.07) is 3.94. The maximum Gasteiger partial charge on any atom is 0.117 e. The Bertz CT molecular complexity index is 189. The minimum atomic E-state index is 0.962. The van der Waals surface area contributed by atoms with Crippen molar-refractivity contribution in [2.24, 2.45) is 0 Å². The molecule has 0 bridgehead atoms. The maximum absolute atomic E-state index is 5.18. The van der Waals surface area contributed by atoms with Crippen molar-refractivity contribution in [1.29, 1.82) is 0 Å². The Morgan fingerprint density at radius 1 is 1.50 bits per heavy atom. The molecule has 0 unspecified atom stereocenters. The molecule has 0 spiro atoms. The van der Waals surface area contributed by atoms with E-state index in [-0.39, 0.29) is 0 Å². The molecule has 10 heavy (non-hydrogen) atoms. The van der Waals surface area contributed by atoms with Crippen molar-refractivity contribution in [2.45, 2.75) is 6.54 Å². The van der Waals surface area contributed by atoms with Crippen molar-refractivity contribution in [1.82, 2.24) is 4.90 Å². The fourth-order valence-corrected chi connectivity index (χ4v) is 1.06. The molecule has 1 aliphatic rings. The van der Waals surface area contributed by atoms with E-state index in [9.17, 15) is 0 Å². The average Bonchev–Trinajstić information content (AvgIpc) is 2.29. The number of nitrogens with zero attached hydrogens (tertiary/aromatic N) is 1. The van der Waals surface area contributed by atoms with Gasteiger partial charge in [-0.15, -0.1) is 0 Å². The fourth-order valence-electron chi connectivity index (χ4n) is 1.06. The second-order valence-electron chi connectivity index (χ2n) is 2.56. The van der Waals surface area contributed by atoms with Crippen LogP contribution in [0, 0.1) is 6.42 Å². The van der Waals surface area contributed by atoms with Crippen LogP contribution in [0.3, 0.4) is 0 Å². The molecule has 2 rings (SSSR count). The third-order valence-electron chi connectivity index (χ3n) is 1.73. The summed E-state index contributed by atoms with van der Waals surface area (Å²) in [6.07, 6.45) is 3.97. The smallest absolute Gasteiger partial charge is 0.117 e. The summed E-state index contributed by atoms with van der Waals surface area (Å²) < 4.78 is 5.18. The molecule has 1 aromatic heterocycles. The first-order valence-corrected chi connectivity index (χ1v) is 3.51. The monoisotopic (exact) mass is 136 g/mol. The molecular weight excluding hydrogens is 126 g/mol. The van der Waals surface area contributed by atoms with Gasteiger partial charge in [-0.2, -0.15) is 0 Å². The lowest BCUT2D eigenvalue weighted by Gasteiger charge is -2.29. The van der Waals surface area contributed by atoms with E-state index in [0.717, 1.165) is 25.4 Å². The highest BCUT2D eigenvalue weighted by Crippen LogP contribution is 2.10. The predicted molar refractivity (Wildman–Crippen MR) is 38.3 cm³/mol. The van der Waals surface area contributed by atoms with Gasteiger partial charge in [-0.05, 0) is 18.6 Å². The minimum Gasteiger partial charge on any atom is -0.468 e. The van der Waals surface area contributed by atoms with E-state index >= 15 is 0 Å². The van der Waals surface area contributed by atoms with E-state index in [4.69, 9.17) is 4.42 Å². The van der Waals surface area contributed by atoms with Crippen LogP contribution in [0.25, 0.3) is 0 Å². The largest absolute Gasteiger partial charge is 0.468 e. The van der Waals surface area contributed by atoms with E-state index in [1.54, 1.807) is 6.26 Å². The van der Waals surface area contributed by atoms with Gasteiger partial charge in [0.25, 0.3) is 0 Å². The Labute approximate surface area is 60.4 Å². The van der Waals surface area contributed by atoms with Crippen LogP contribution < -0.4 is 0 Å². The van der Waals surface area contributed by atoms with Crippen LogP contribution in [0.5, 0.6) is 0 Å². The zero-order valence-electron chi connectivity index (χ0n) is 5.79. The molecule has 53 valence electrons. The van der Waals surface area contributed by atoms with Crippen LogP contribution in [0.1, 0.15) is 5.76 Å². The van der Waals surface area contributed by atoms with Crippen LogP contribution in [0.4, 0.5) is 0 Å². The molecule has 0 aliphatic carbocycles. The van der Waals surface area contributed by atoms with Crippen LogP contribution in [-0.2, 0) is 6.54 Å². The van der Waals surface area contributed by atoms with E-state index in [0.29, 0.717) is 0 Å². The average molecular weight is 136 g/mol. The van der Waals surface area contributed by atoms with Gasteiger partial charge in [0.1, 0.15) is 5.76 Å². The quantitative estimate of drug-likeness (QED) is 0.609. The molecule has 0 saturated carbocycles. The maximum atomic E-state index is 5.18. The zero-order valence-corrected chi connectivity index (χ0v) is 5.79. The summed E-state index contributed by atoms with van der Waals surface area (Å²) in [7, 11) is 0. The molecule has 0 aromatic carbocycles. The molecule has 1 radical (unpaired) electrons. The molecule has 1 saturated heterocycles. The van der Waals surface area contributed by atoms with E-state index < -0.39 is 0 Å². The van der Waals surface area contributed by atoms with Gasteiger partial charge in [-0.3, -0.25) is 4.90 Å². The van der Waals surface area contributed by atoms with Crippen LogP contribution >= 0.6 is 0 Å². The Balaban J connectivity index is 1.90. The molecule has 2 nitrogen and oxygen atoms in total. The molecule has 1 aromatic rings. The number of likely N-dealkylation sites (tertiary alicyclic amines) is 1. The summed E-state index contributed by atoms with van der Waals surface area (Å²) in [4.78, 5) is 2.32. The third-order valence-corrected chi connectivity index (χ3v) is 1.73. The Morgan fingerprint density at radius 2 is 2.40 bits per heavy atom. The molecule has 0 atom stereocenters. The van der Waals surface area contributed by atoms with Gasteiger partial charge in [0.15, 0.2) is 0 Å². The number of hydrogen-bond donors (Lipinski definition) is 0. The van der Waals surface area contributed by atoms with Crippen molar-refractivity contribution in [3.05, 3.63) is 30.6 Å². The van der Waals surface area contributed by atoms with Crippen molar-refractivity contribution in [3.63, 3.8) is 0 Å². The summed E-state index contributed by atoms with van der Waals surface area (Å²) in [6.45, 7) is 3.19. The Morgan fingerprint density at radius 3 is 2.90 bits per heavy atom. The summed E-state index contributed by atoms with van der Waals surface area (Å²) in [5.74, 6) is 1.06. The van der Waals surface area contributed by atoms with Gasteiger partial charge in [0.2, 0.25) is 0 Å². The molecule has 2 heteroatoms. The van der Waals surface area contributed by atoms with Crippen molar-refractivity contribution < 1.29 is 4.42 Å². The third kappa shape index (κ3) is 1.07. The summed E-state index contributed by atoms with van der Waals surface area (Å²) in [5.41, 5.74) is 0. The zero-order chi connectivity index (χ0) is 6.81. The second kappa shape index (κ2) is 2.46.